The predicted molar refractivity (Wildman–Crippen MR) is 78.9 cm³/mol. The zero-order chi connectivity index (χ0) is 13.6. The second kappa shape index (κ2) is 12.2. The fraction of sp³-hybridized carbons (Fsp3) is 0.933. The summed E-state index contributed by atoms with van der Waals surface area (Å²) in [6.07, 6.45) is 17.1. The molecular formula is C15H29N4. The Morgan fingerprint density at radius 1 is 0.579 bits per heavy atom. The van der Waals surface area contributed by atoms with Crippen molar-refractivity contribution in [3.8, 4) is 0 Å². The summed E-state index contributed by atoms with van der Waals surface area (Å²) in [6, 6.07) is 0. The Morgan fingerprint density at radius 3 is 1.47 bits per heavy atom. The molecule has 0 amide bonds. The Morgan fingerprint density at radius 2 is 1.00 bits per heavy atom. The zero-order valence-electron chi connectivity index (χ0n) is 12.3. The van der Waals surface area contributed by atoms with E-state index in [9.17, 15) is 0 Å². The van der Waals surface area contributed by atoms with Gasteiger partial charge in [-0.05, 0) is 23.3 Å². The van der Waals surface area contributed by atoms with Gasteiger partial charge in [0.1, 0.15) is 0 Å². The largest absolute Gasteiger partial charge is 0.185 e. The minimum atomic E-state index is 0.0262. The van der Waals surface area contributed by atoms with Crippen LogP contribution in [0.5, 0.6) is 0 Å². The van der Waals surface area contributed by atoms with Crippen molar-refractivity contribution in [2.45, 2.75) is 89.6 Å². The van der Waals surface area contributed by atoms with Crippen LogP contribution < -0.4 is 0 Å². The molecule has 0 aromatic rings. The van der Waals surface area contributed by atoms with Gasteiger partial charge in [-0.15, -0.1) is 10.2 Å². The van der Waals surface area contributed by atoms with Crippen molar-refractivity contribution in [2.24, 2.45) is 20.7 Å². The zero-order valence-corrected chi connectivity index (χ0v) is 12.3. The second-order valence-electron chi connectivity index (χ2n) is 5.42. The maximum absolute atomic E-state index is 3.91. The number of hydrogen-bond acceptors (Lipinski definition) is 4. The highest BCUT2D eigenvalue weighted by atomic mass is 15.6. The smallest absolute Gasteiger partial charge is 0.138 e. The molecule has 0 aromatic carbocycles. The van der Waals surface area contributed by atoms with Gasteiger partial charge < -0.3 is 0 Å². The van der Waals surface area contributed by atoms with Crippen molar-refractivity contribution in [3.63, 3.8) is 0 Å². The number of rotatable bonds is 13. The molecule has 0 aliphatic carbocycles. The average molecular weight is 265 g/mol. The summed E-state index contributed by atoms with van der Waals surface area (Å²) < 4.78 is 0. The number of nitrogens with zero attached hydrogens (tertiary/aromatic N) is 4. The van der Waals surface area contributed by atoms with Gasteiger partial charge in [0.05, 0.1) is 0 Å². The lowest BCUT2D eigenvalue weighted by Crippen LogP contribution is -1.95. The molecule has 0 N–H and O–H groups in total. The first-order chi connectivity index (χ1) is 9.43. The quantitative estimate of drug-likeness (QED) is 0.364. The van der Waals surface area contributed by atoms with Crippen molar-refractivity contribution < 1.29 is 0 Å². The average Bonchev–Trinajstić information content (AvgIpc) is 2.93. The Balaban J connectivity index is 1.69. The van der Waals surface area contributed by atoms with Gasteiger partial charge in [-0.25, -0.2) is 0 Å². The molecule has 0 aromatic heterocycles. The van der Waals surface area contributed by atoms with Crippen molar-refractivity contribution in [1.82, 2.24) is 0 Å². The molecule has 4 heteroatoms. The molecule has 0 fully saturated rings. The van der Waals surface area contributed by atoms with E-state index in [2.05, 4.69) is 27.6 Å². The lowest BCUT2D eigenvalue weighted by atomic mass is 10.0. The van der Waals surface area contributed by atoms with Crippen LogP contribution in [0.3, 0.4) is 0 Å². The van der Waals surface area contributed by atoms with Crippen molar-refractivity contribution >= 4 is 0 Å². The lowest BCUT2D eigenvalue weighted by molar-refractivity contribution is 0.523. The van der Waals surface area contributed by atoms with Gasteiger partial charge in [0.15, 0.2) is 6.17 Å². The molecule has 19 heavy (non-hydrogen) atoms. The third-order valence-electron chi connectivity index (χ3n) is 3.62. The molecule has 1 rings (SSSR count). The van der Waals surface area contributed by atoms with Gasteiger partial charge in [-0.1, -0.05) is 77.6 Å². The predicted octanol–water partition coefficient (Wildman–Crippen LogP) is 6.05. The van der Waals surface area contributed by atoms with E-state index in [1.807, 2.05) is 0 Å². The monoisotopic (exact) mass is 265 g/mol. The van der Waals surface area contributed by atoms with Crippen LogP contribution in [-0.2, 0) is 0 Å². The fourth-order valence-electron chi connectivity index (χ4n) is 2.40. The molecular weight excluding hydrogens is 236 g/mol. The molecule has 1 heterocycles. The molecule has 0 unspecified atom stereocenters. The van der Waals surface area contributed by atoms with Gasteiger partial charge in [0.2, 0.25) is 0 Å². The summed E-state index contributed by atoms with van der Waals surface area (Å²) in [4.78, 5) is 0. The Bertz CT molecular complexity index is 239. The molecule has 0 saturated heterocycles. The summed E-state index contributed by atoms with van der Waals surface area (Å²) in [5.41, 5.74) is 0. The van der Waals surface area contributed by atoms with Crippen LogP contribution in [0.1, 0.15) is 83.5 Å². The van der Waals surface area contributed by atoms with E-state index < -0.39 is 0 Å². The standard InChI is InChI=1S/C15H29N4/c1-2-3-4-5-6-7-8-9-10-11-12-13-14-15-16-18-19-17-15/h15H,1-14H2. The van der Waals surface area contributed by atoms with Gasteiger partial charge in [0.25, 0.3) is 0 Å². The van der Waals surface area contributed by atoms with Crippen molar-refractivity contribution in [1.29, 1.82) is 0 Å². The van der Waals surface area contributed by atoms with E-state index >= 15 is 0 Å². The van der Waals surface area contributed by atoms with Crippen LogP contribution in [-0.4, -0.2) is 6.17 Å². The fourth-order valence-corrected chi connectivity index (χ4v) is 2.40. The van der Waals surface area contributed by atoms with Crippen LogP contribution in [0.2, 0.25) is 0 Å². The molecule has 0 bridgehead atoms. The third-order valence-corrected chi connectivity index (χ3v) is 3.62. The maximum Gasteiger partial charge on any atom is 0.185 e. The van der Waals surface area contributed by atoms with Crippen LogP contribution in [0, 0.1) is 6.92 Å². The highest BCUT2D eigenvalue weighted by molar-refractivity contribution is 4.61. The van der Waals surface area contributed by atoms with Crippen molar-refractivity contribution in [3.05, 3.63) is 6.92 Å². The summed E-state index contributed by atoms with van der Waals surface area (Å²) in [6.45, 7) is 3.87. The van der Waals surface area contributed by atoms with Gasteiger partial charge in [-0.3, -0.25) is 0 Å². The highest BCUT2D eigenvalue weighted by Gasteiger charge is 2.07. The van der Waals surface area contributed by atoms with E-state index in [1.54, 1.807) is 0 Å². The molecule has 0 spiro atoms. The summed E-state index contributed by atoms with van der Waals surface area (Å²) >= 11 is 0. The Labute approximate surface area is 118 Å². The van der Waals surface area contributed by atoms with Crippen LogP contribution in [0.15, 0.2) is 20.7 Å². The molecule has 1 aliphatic rings. The topological polar surface area (TPSA) is 49.4 Å². The van der Waals surface area contributed by atoms with Crippen LogP contribution in [0.25, 0.3) is 0 Å². The maximum atomic E-state index is 3.91. The van der Waals surface area contributed by atoms with E-state index in [0.29, 0.717) is 0 Å². The minimum absolute atomic E-state index is 0.0262. The summed E-state index contributed by atoms with van der Waals surface area (Å²) in [5.74, 6) is 0. The highest BCUT2D eigenvalue weighted by Crippen LogP contribution is 2.15. The first-order valence-electron chi connectivity index (χ1n) is 8.02. The number of hydrogen-bond donors (Lipinski definition) is 0. The van der Waals surface area contributed by atoms with E-state index in [0.717, 1.165) is 12.8 Å². The molecule has 0 atom stereocenters. The summed E-state index contributed by atoms with van der Waals surface area (Å²) in [5, 5.41) is 14.9. The number of unbranched alkanes of at least 4 members (excludes halogenated alkanes) is 11. The van der Waals surface area contributed by atoms with E-state index in [4.69, 9.17) is 0 Å². The lowest BCUT2D eigenvalue weighted by Gasteiger charge is -2.03. The van der Waals surface area contributed by atoms with Gasteiger partial charge in [0, 0.05) is 0 Å². The van der Waals surface area contributed by atoms with Crippen LogP contribution in [0.4, 0.5) is 0 Å². The minimum Gasteiger partial charge on any atom is -0.138 e. The first kappa shape index (κ1) is 16.3. The van der Waals surface area contributed by atoms with Gasteiger partial charge >= 0.3 is 0 Å². The SMILES string of the molecule is [CH2]CCCCCCCCCCCCCC1N=NN=N1. The van der Waals surface area contributed by atoms with E-state index in [1.165, 1.54) is 70.6 Å². The van der Waals surface area contributed by atoms with Crippen molar-refractivity contribution in [2.75, 3.05) is 0 Å². The summed E-state index contributed by atoms with van der Waals surface area (Å²) in [7, 11) is 0. The van der Waals surface area contributed by atoms with Crippen LogP contribution >= 0.6 is 0 Å². The molecule has 1 aliphatic heterocycles. The Hall–Kier alpha value is -0.800. The molecule has 1 radical (unpaired) electrons. The normalized spacial score (nSPS) is 14.6. The Kier molecular flexibility index (Phi) is 10.5. The molecule has 109 valence electrons. The first-order valence-corrected chi connectivity index (χ1v) is 8.02. The second-order valence-corrected chi connectivity index (χ2v) is 5.42. The van der Waals surface area contributed by atoms with E-state index in [-0.39, 0.29) is 6.17 Å². The third kappa shape index (κ3) is 9.74. The molecule has 4 nitrogen and oxygen atoms in total. The van der Waals surface area contributed by atoms with Gasteiger partial charge in [-0.2, -0.15) is 0 Å². The molecule has 0 saturated carbocycles.